The van der Waals surface area contributed by atoms with Crippen molar-refractivity contribution in [2.75, 3.05) is 11.9 Å². The van der Waals surface area contributed by atoms with Gasteiger partial charge in [0.05, 0.1) is 0 Å². The van der Waals surface area contributed by atoms with Crippen molar-refractivity contribution in [2.24, 2.45) is 5.92 Å². The minimum absolute atomic E-state index is 0.00267. The highest BCUT2D eigenvalue weighted by atomic mass is 16.5. The number of carbonyl (C=O) groups excluding carboxylic acids is 2. The third-order valence-corrected chi connectivity index (χ3v) is 5.06. The van der Waals surface area contributed by atoms with E-state index >= 15 is 0 Å². The Hall–Kier alpha value is -2.83. The van der Waals surface area contributed by atoms with Crippen molar-refractivity contribution in [1.82, 2.24) is 10.5 Å². The molecule has 1 aliphatic rings. The van der Waals surface area contributed by atoms with E-state index in [2.05, 4.69) is 15.8 Å². The predicted octanol–water partition coefficient (Wildman–Crippen LogP) is 4.30. The number of carbonyl (C=O) groups is 2. The van der Waals surface area contributed by atoms with E-state index in [0.717, 1.165) is 12.1 Å². The van der Waals surface area contributed by atoms with Gasteiger partial charge in [-0.2, -0.15) is 0 Å². The molecule has 156 valence electrons. The van der Waals surface area contributed by atoms with Gasteiger partial charge in [-0.1, -0.05) is 31.3 Å². The molecule has 0 unspecified atom stereocenters. The van der Waals surface area contributed by atoms with Crippen LogP contribution in [-0.4, -0.2) is 23.5 Å². The van der Waals surface area contributed by atoms with Gasteiger partial charge in [-0.3, -0.25) is 9.59 Å². The van der Waals surface area contributed by atoms with E-state index < -0.39 is 0 Å². The van der Waals surface area contributed by atoms with Gasteiger partial charge in [0.2, 0.25) is 5.91 Å². The summed E-state index contributed by atoms with van der Waals surface area (Å²) in [4.78, 5) is 23.8. The van der Waals surface area contributed by atoms with Gasteiger partial charge in [-0.25, -0.2) is 0 Å². The largest absolute Gasteiger partial charge is 0.486 e. The molecule has 0 saturated heterocycles. The Bertz CT molecular complexity index is 795. The van der Waals surface area contributed by atoms with E-state index in [9.17, 15) is 9.59 Å². The van der Waals surface area contributed by atoms with Crippen LogP contribution in [0.5, 0.6) is 5.75 Å². The third kappa shape index (κ3) is 6.62. The molecular formula is C22H29N3O4. The molecule has 2 aromatic rings. The summed E-state index contributed by atoms with van der Waals surface area (Å²) in [6.45, 7) is 2.83. The molecule has 29 heavy (non-hydrogen) atoms. The Labute approximate surface area is 171 Å². The van der Waals surface area contributed by atoms with Gasteiger partial charge < -0.3 is 19.9 Å². The van der Waals surface area contributed by atoms with Crippen LogP contribution in [-0.2, 0) is 11.4 Å². The van der Waals surface area contributed by atoms with Crippen molar-refractivity contribution >= 4 is 17.5 Å². The van der Waals surface area contributed by atoms with Crippen LogP contribution >= 0.6 is 0 Å². The van der Waals surface area contributed by atoms with Gasteiger partial charge in [0.1, 0.15) is 12.4 Å². The van der Waals surface area contributed by atoms with Crippen LogP contribution < -0.4 is 15.4 Å². The molecule has 0 atom stereocenters. The maximum atomic E-state index is 12.2. The molecule has 0 aliphatic heterocycles. The lowest BCUT2D eigenvalue weighted by Crippen LogP contribution is -2.30. The number of nitrogens with zero attached hydrogens (tertiary/aromatic N) is 1. The molecule has 0 bridgehead atoms. The summed E-state index contributed by atoms with van der Waals surface area (Å²) in [6, 6.07) is 8.72. The number of rotatable bonds is 9. The van der Waals surface area contributed by atoms with Gasteiger partial charge in [0, 0.05) is 24.7 Å². The zero-order chi connectivity index (χ0) is 20.5. The van der Waals surface area contributed by atoms with Crippen LogP contribution in [0.2, 0.25) is 0 Å². The average Bonchev–Trinajstić information content (AvgIpc) is 3.22. The molecule has 7 heteroatoms. The number of hydrogen-bond acceptors (Lipinski definition) is 5. The van der Waals surface area contributed by atoms with Crippen molar-refractivity contribution in [3.05, 3.63) is 41.8 Å². The molecule has 1 aliphatic carbocycles. The lowest BCUT2D eigenvalue weighted by atomic mass is 9.89. The van der Waals surface area contributed by atoms with E-state index in [1.165, 1.54) is 32.1 Å². The molecule has 1 aromatic heterocycles. The number of nitrogens with one attached hydrogen (secondary N) is 2. The Balaban J connectivity index is 1.43. The van der Waals surface area contributed by atoms with Gasteiger partial charge in [-0.05, 0) is 49.4 Å². The van der Waals surface area contributed by atoms with Crippen LogP contribution in [0, 0.1) is 5.92 Å². The molecule has 0 radical (unpaired) electrons. The molecule has 1 fully saturated rings. The van der Waals surface area contributed by atoms with Gasteiger partial charge >= 0.3 is 0 Å². The summed E-state index contributed by atoms with van der Waals surface area (Å²) < 4.78 is 10.9. The zero-order valence-electron chi connectivity index (χ0n) is 16.9. The van der Waals surface area contributed by atoms with E-state index in [1.54, 1.807) is 30.3 Å². The fourth-order valence-electron chi connectivity index (χ4n) is 3.45. The number of benzene rings is 1. The van der Waals surface area contributed by atoms with E-state index in [-0.39, 0.29) is 24.1 Å². The Morgan fingerprint density at radius 1 is 1.17 bits per heavy atom. The summed E-state index contributed by atoms with van der Waals surface area (Å²) in [5.74, 6) is 1.47. The van der Waals surface area contributed by atoms with Crippen LogP contribution in [0.4, 0.5) is 5.69 Å². The summed E-state index contributed by atoms with van der Waals surface area (Å²) in [5.41, 5.74) is 1.00. The summed E-state index contributed by atoms with van der Waals surface area (Å²) in [5, 5.41) is 9.62. The minimum atomic E-state index is -0.210. The van der Waals surface area contributed by atoms with Crippen molar-refractivity contribution in [2.45, 2.75) is 58.5 Å². The van der Waals surface area contributed by atoms with Gasteiger partial charge in [0.15, 0.2) is 11.5 Å². The molecule has 1 aromatic carbocycles. The summed E-state index contributed by atoms with van der Waals surface area (Å²) >= 11 is 0. The van der Waals surface area contributed by atoms with Crippen molar-refractivity contribution in [3.8, 4) is 5.75 Å². The topological polar surface area (TPSA) is 93.5 Å². The first-order valence-electron chi connectivity index (χ1n) is 10.4. The van der Waals surface area contributed by atoms with Crippen molar-refractivity contribution < 1.29 is 18.8 Å². The highest BCUT2D eigenvalue weighted by Crippen LogP contribution is 2.23. The highest BCUT2D eigenvalue weighted by molar-refractivity contribution is 5.92. The quantitative estimate of drug-likeness (QED) is 0.656. The van der Waals surface area contributed by atoms with E-state index in [0.29, 0.717) is 30.4 Å². The lowest BCUT2D eigenvalue weighted by Gasteiger charge is -2.21. The number of amides is 2. The molecule has 7 nitrogen and oxygen atoms in total. The zero-order valence-corrected chi connectivity index (χ0v) is 16.9. The second kappa shape index (κ2) is 10.6. The van der Waals surface area contributed by atoms with Crippen molar-refractivity contribution in [3.63, 3.8) is 0 Å². The first-order valence-corrected chi connectivity index (χ1v) is 10.4. The maximum Gasteiger partial charge on any atom is 0.273 e. The second-order valence-electron chi connectivity index (χ2n) is 7.50. The van der Waals surface area contributed by atoms with Crippen LogP contribution in [0.15, 0.2) is 34.9 Å². The fourth-order valence-corrected chi connectivity index (χ4v) is 3.45. The smallest absolute Gasteiger partial charge is 0.273 e. The standard InChI is InChI=1S/C22H29N3O4/c1-2-6-21(26)24-17-9-11-18(12-10-17)28-15-19-13-20(25-29-19)22(27)23-14-16-7-4-3-5-8-16/h9-13,16H,2-8,14-15H2,1H3,(H,23,27)(H,24,26). The molecule has 2 N–H and O–H groups in total. The predicted molar refractivity (Wildman–Crippen MR) is 110 cm³/mol. The average molecular weight is 399 g/mol. The summed E-state index contributed by atoms with van der Waals surface area (Å²) in [6.07, 6.45) is 7.47. The van der Waals surface area contributed by atoms with E-state index in [4.69, 9.17) is 9.26 Å². The van der Waals surface area contributed by atoms with Crippen molar-refractivity contribution in [1.29, 1.82) is 0 Å². The molecule has 1 saturated carbocycles. The second-order valence-corrected chi connectivity index (χ2v) is 7.50. The number of aromatic nitrogens is 1. The fraction of sp³-hybridized carbons (Fsp3) is 0.500. The summed E-state index contributed by atoms with van der Waals surface area (Å²) in [7, 11) is 0. The maximum absolute atomic E-state index is 12.2. The third-order valence-electron chi connectivity index (χ3n) is 5.06. The van der Waals surface area contributed by atoms with Crippen LogP contribution in [0.1, 0.15) is 68.1 Å². The van der Waals surface area contributed by atoms with Crippen LogP contribution in [0.25, 0.3) is 0 Å². The number of anilines is 1. The van der Waals surface area contributed by atoms with Gasteiger partial charge in [0.25, 0.3) is 5.91 Å². The highest BCUT2D eigenvalue weighted by Gasteiger charge is 2.17. The first kappa shape index (κ1) is 20.9. The van der Waals surface area contributed by atoms with E-state index in [1.807, 2.05) is 6.92 Å². The SMILES string of the molecule is CCCC(=O)Nc1ccc(OCc2cc(C(=O)NCC3CCCCC3)no2)cc1. The first-order chi connectivity index (χ1) is 14.1. The minimum Gasteiger partial charge on any atom is -0.486 e. The molecule has 0 spiro atoms. The number of hydrogen-bond donors (Lipinski definition) is 2. The lowest BCUT2D eigenvalue weighted by molar-refractivity contribution is -0.116. The Morgan fingerprint density at radius 2 is 1.93 bits per heavy atom. The Kier molecular flexibility index (Phi) is 7.67. The monoisotopic (exact) mass is 399 g/mol. The molecule has 3 rings (SSSR count). The van der Waals surface area contributed by atoms with Gasteiger partial charge in [-0.15, -0.1) is 0 Å². The molecule has 2 amide bonds. The Morgan fingerprint density at radius 3 is 2.66 bits per heavy atom. The molecular weight excluding hydrogens is 370 g/mol. The molecule has 1 heterocycles. The normalized spacial score (nSPS) is 14.4. The number of ether oxygens (including phenoxy) is 1. The van der Waals surface area contributed by atoms with Crippen LogP contribution in [0.3, 0.4) is 0 Å².